The highest BCUT2D eigenvalue weighted by molar-refractivity contribution is 5.22. The fourth-order valence-corrected chi connectivity index (χ4v) is 2.18. The van der Waals surface area contributed by atoms with Crippen molar-refractivity contribution >= 4 is 0 Å². The Hall–Kier alpha value is -1.19. The van der Waals surface area contributed by atoms with Gasteiger partial charge in [-0.2, -0.15) is 0 Å². The van der Waals surface area contributed by atoms with E-state index in [0.29, 0.717) is 0 Å². The van der Waals surface area contributed by atoms with Crippen LogP contribution in [0.25, 0.3) is 0 Å². The van der Waals surface area contributed by atoms with Crippen molar-refractivity contribution in [2.75, 3.05) is 32.7 Å². The summed E-state index contributed by atoms with van der Waals surface area (Å²) in [4.78, 5) is 2.39. The molecule has 0 bridgehead atoms. The molecule has 17 heavy (non-hydrogen) atoms. The van der Waals surface area contributed by atoms with Gasteiger partial charge in [-0.3, -0.25) is 4.90 Å². The SMILES string of the molecule is C=C(Cc1cccc(F)c1)CN1CCNCC1. The zero-order valence-electron chi connectivity index (χ0n) is 10.1. The summed E-state index contributed by atoms with van der Waals surface area (Å²) in [7, 11) is 0. The van der Waals surface area contributed by atoms with Crippen molar-refractivity contribution < 1.29 is 4.39 Å². The van der Waals surface area contributed by atoms with Gasteiger partial charge in [0.25, 0.3) is 0 Å². The molecular formula is C14H19FN2. The largest absolute Gasteiger partial charge is 0.314 e. The van der Waals surface area contributed by atoms with Gasteiger partial charge in [-0.15, -0.1) is 0 Å². The lowest BCUT2D eigenvalue weighted by Crippen LogP contribution is -2.44. The van der Waals surface area contributed by atoms with Gasteiger partial charge in [0.05, 0.1) is 0 Å². The minimum atomic E-state index is -0.169. The summed E-state index contributed by atoms with van der Waals surface area (Å²) in [6.07, 6.45) is 0.766. The second kappa shape index (κ2) is 5.94. The second-order valence-electron chi connectivity index (χ2n) is 4.58. The van der Waals surface area contributed by atoms with Crippen molar-refractivity contribution in [3.63, 3.8) is 0 Å². The van der Waals surface area contributed by atoms with Crippen molar-refractivity contribution in [3.05, 3.63) is 47.8 Å². The zero-order valence-corrected chi connectivity index (χ0v) is 10.1. The van der Waals surface area contributed by atoms with Crippen LogP contribution in [0.1, 0.15) is 5.56 Å². The molecule has 0 unspecified atom stereocenters. The average molecular weight is 234 g/mol. The van der Waals surface area contributed by atoms with Gasteiger partial charge in [0.15, 0.2) is 0 Å². The van der Waals surface area contributed by atoms with Crippen LogP contribution in [-0.4, -0.2) is 37.6 Å². The highest BCUT2D eigenvalue weighted by atomic mass is 19.1. The summed E-state index contributed by atoms with van der Waals surface area (Å²) in [6.45, 7) is 9.24. The molecule has 2 nitrogen and oxygen atoms in total. The predicted molar refractivity (Wildman–Crippen MR) is 68.6 cm³/mol. The number of nitrogens with one attached hydrogen (secondary N) is 1. The normalized spacial score (nSPS) is 17.0. The van der Waals surface area contributed by atoms with E-state index in [-0.39, 0.29) is 5.82 Å². The van der Waals surface area contributed by atoms with Gasteiger partial charge >= 0.3 is 0 Å². The number of hydrogen-bond donors (Lipinski definition) is 1. The number of benzene rings is 1. The molecular weight excluding hydrogens is 215 g/mol. The third-order valence-corrected chi connectivity index (χ3v) is 3.00. The monoisotopic (exact) mass is 234 g/mol. The molecule has 1 aromatic carbocycles. The second-order valence-corrected chi connectivity index (χ2v) is 4.58. The molecule has 1 aliphatic rings. The molecule has 0 spiro atoms. The van der Waals surface area contributed by atoms with Crippen LogP contribution in [0.2, 0.25) is 0 Å². The van der Waals surface area contributed by atoms with E-state index >= 15 is 0 Å². The van der Waals surface area contributed by atoms with Gasteiger partial charge in [-0.25, -0.2) is 4.39 Å². The minimum Gasteiger partial charge on any atom is -0.314 e. The quantitative estimate of drug-likeness (QED) is 0.800. The summed E-state index contributed by atoms with van der Waals surface area (Å²) >= 11 is 0. The van der Waals surface area contributed by atoms with Crippen molar-refractivity contribution in [1.29, 1.82) is 0 Å². The van der Waals surface area contributed by atoms with Crippen LogP contribution < -0.4 is 5.32 Å². The van der Waals surface area contributed by atoms with Gasteiger partial charge in [-0.1, -0.05) is 24.3 Å². The smallest absolute Gasteiger partial charge is 0.123 e. The summed E-state index contributed by atoms with van der Waals surface area (Å²) in [5.74, 6) is -0.169. The summed E-state index contributed by atoms with van der Waals surface area (Å²) in [5, 5.41) is 3.32. The van der Waals surface area contributed by atoms with Gasteiger partial charge in [0.1, 0.15) is 5.82 Å². The maximum Gasteiger partial charge on any atom is 0.123 e. The lowest BCUT2D eigenvalue weighted by molar-refractivity contribution is 0.258. The van der Waals surface area contributed by atoms with Crippen LogP contribution in [0.3, 0.4) is 0 Å². The number of halogens is 1. The molecule has 0 aromatic heterocycles. The van der Waals surface area contributed by atoms with Crippen molar-refractivity contribution in [3.8, 4) is 0 Å². The third kappa shape index (κ3) is 3.95. The van der Waals surface area contributed by atoms with E-state index in [1.165, 1.54) is 6.07 Å². The number of hydrogen-bond acceptors (Lipinski definition) is 2. The van der Waals surface area contributed by atoms with Crippen molar-refractivity contribution in [2.24, 2.45) is 0 Å². The lowest BCUT2D eigenvalue weighted by Gasteiger charge is -2.27. The van der Waals surface area contributed by atoms with Crippen LogP contribution in [0.15, 0.2) is 36.4 Å². The Labute approximate surface area is 102 Å². The van der Waals surface area contributed by atoms with Gasteiger partial charge < -0.3 is 5.32 Å². The van der Waals surface area contributed by atoms with E-state index < -0.39 is 0 Å². The minimum absolute atomic E-state index is 0.169. The fraction of sp³-hybridized carbons (Fsp3) is 0.429. The highest BCUT2D eigenvalue weighted by Gasteiger charge is 2.10. The standard InChI is InChI=1S/C14H19FN2/c1-12(11-17-7-5-16-6-8-17)9-13-3-2-4-14(15)10-13/h2-4,10,16H,1,5-9,11H2. The predicted octanol–water partition coefficient (Wildman–Crippen LogP) is 1.83. The Bertz CT molecular complexity index is 384. The average Bonchev–Trinajstić information content (AvgIpc) is 2.30. The van der Waals surface area contributed by atoms with Crippen LogP contribution in [-0.2, 0) is 6.42 Å². The lowest BCUT2D eigenvalue weighted by atomic mass is 10.1. The molecule has 0 radical (unpaired) electrons. The zero-order chi connectivity index (χ0) is 12.1. The molecule has 1 heterocycles. The maximum absolute atomic E-state index is 13.0. The van der Waals surface area contributed by atoms with Crippen molar-refractivity contribution in [2.45, 2.75) is 6.42 Å². The van der Waals surface area contributed by atoms with Crippen molar-refractivity contribution in [1.82, 2.24) is 10.2 Å². The van der Waals surface area contributed by atoms with E-state index in [1.54, 1.807) is 12.1 Å². The topological polar surface area (TPSA) is 15.3 Å². The fourth-order valence-electron chi connectivity index (χ4n) is 2.18. The van der Waals surface area contributed by atoms with Gasteiger partial charge in [0, 0.05) is 32.7 Å². The molecule has 1 aliphatic heterocycles. The molecule has 2 rings (SSSR count). The maximum atomic E-state index is 13.0. The molecule has 0 saturated carbocycles. The molecule has 1 saturated heterocycles. The van der Waals surface area contributed by atoms with E-state index in [0.717, 1.165) is 50.3 Å². The Morgan fingerprint density at radius 2 is 2.12 bits per heavy atom. The first-order valence-electron chi connectivity index (χ1n) is 6.08. The van der Waals surface area contributed by atoms with Crippen LogP contribution in [0, 0.1) is 5.82 Å². The molecule has 0 amide bonds. The Morgan fingerprint density at radius 1 is 1.35 bits per heavy atom. The van der Waals surface area contributed by atoms with Crippen LogP contribution in [0.5, 0.6) is 0 Å². The molecule has 3 heteroatoms. The molecule has 1 N–H and O–H groups in total. The first kappa shape index (κ1) is 12.3. The summed E-state index contributed by atoms with van der Waals surface area (Å²) in [5.41, 5.74) is 2.16. The van der Waals surface area contributed by atoms with E-state index in [9.17, 15) is 4.39 Å². The highest BCUT2D eigenvalue weighted by Crippen LogP contribution is 2.10. The molecule has 0 aliphatic carbocycles. The number of rotatable bonds is 4. The Kier molecular flexibility index (Phi) is 4.29. The van der Waals surface area contributed by atoms with Gasteiger partial charge in [-0.05, 0) is 24.1 Å². The third-order valence-electron chi connectivity index (χ3n) is 3.00. The van der Waals surface area contributed by atoms with E-state index in [1.807, 2.05) is 6.07 Å². The van der Waals surface area contributed by atoms with E-state index in [2.05, 4.69) is 16.8 Å². The Morgan fingerprint density at radius 3 is 2.82 bits per heavy atom. The summed E-state index contributed by atoms with van der Waals surface area (Å²) in [6, 6.07) is 6.76. The van der Waals surface area contributed by atoms with E-state index in [4.69, 9.17) is 0 Å². The molecule has 0 atom stereocenters. The van der Waals surface area contributed by atoms with Crippen LogP contribution in [0.4, 0.5) is 4.39 Å². The first-order chi connectivity index (χ1) is 8.24. The number of nitrogens with zero attached hydrogens (tertiary/aromatic N) is 1. The summed E-state index contributed by atoms with van der Waals surface area (Å²) < 4.78 is 13.0. The molecule has 92 valence electrons. The molecule has 1 fully saturated rings. The van der Waals surface area contributed by atoms with Gasteiger partial charge in [0.2, 0.25) is 0 Å². The first-order valence-corrected chi connectivity index (χ1v) is 6.08. The van der Waals surface area contributed by atoms with Crippen LogP contribution >= 0.6 is 0 Å². The number of piperazine rings is 1. The molecule has 1 aromatic rings. The Balaban J connectivity index is 1.84.